The fourth-order valence-corrected chi connectivity index (χ4v) is 4.69. The third kappa shape index (κ3) is 5.16. The van der Waals surface area contributed by atoms with Crippen LogP contribution in [0.2, 0.25) is 0 Å². The third-order valence-electron chi connectivity index (χ3n) is 5.04. The molecule has 3 rings (SSSR count). The number of aryl methyl sites for hydroxylation is 2. The second-order valence-electron chi connectivity index (χ2n) is 6.77. The van der Waals surface area contributed by atoms with Gasteiger partial charge < -0.3 is 10.6 Å². The Labute approximate surface area is 149 Å². The van der Waals surface area contributed by atoms with E-state index in [0.717, 1.165) is 31.1 Å². The first kappa shape index (κ1) is 18.7. The number of hydrogen-bond acceptors (Lipinski definition) is 4. The summed E-state index contributed by atoms with van der Waals surface area (Å²) < 4.78 is 0. The lowest BCUT2D eigenvalue weighted by atomic mass is 9.84. The molecule has 0 saturated carbocycles. The number of anilines is 1. The van der Waals surface area contributed by atoms with Gasteiger partial charge in [0, 0.05) is 11.3 Å². The van der Waals surface area contributed by atoms with Crippen LogP contribution in [0.1, 0.15) is 56.0 Å². The van der Waals surface area contributed by atoms with E-state index in [9.17, 15) is 4.79 Å². The minimum absolute atomic E-state index is 0. The molecule has 1 unspecified atom stereocenters. The van der Waals surface area contributed by atoms with E-state index >= 15 is 0 Å². The van der Waals surface area contributed by atoms with Crippen molar-refractivity contribution in [1.82, 2.24) is 10.3 Å². The topological polar surface area (TPSA) is 54.0 Å². The van der Waals surface area contributed by atoms with E-state index in [4.69, 9.17) is 0 Å². The maximum absolute atomic E-state index is 12.3. The molecule has 2 aliphatic rings. The lowest BCUT2D eigenvalue weighted by molar-refractivity contribution is -0.117. The van der Waals surface area contributed by atoms with Crippen LogP contribution in [0, 0.1) is 11.8 Å². The number of thiazole rings is 1. The van der Waals surface area contributed by atoms with Crippen molar-refractivity contribution >= 4 is 34.8 Å². The molecule has 1 aliphatic carbocycles. The van der Waals surface area contributed by atoms with Crippen molar-refractivity contribution < 1.29 is 4.79 Å². The number of rotatable bonds is 4. The summed E-state index contributed by atoms with van der Waals surface area (Å²) in [6.45, 7) is 4.40. The molecule has 1 amide bonds. The van der Waals surface area contributed by atoms with E-state index < -0.39 is 0 Å². The van der Waals surface area contributed by atoms with Gasteiger partial charge in [-0.3, -0.25) is 4.79 Å². The van der Waals surface area contributed by atoms with Crippen molar-refractivity contribution in [2.75, 3.05) is 18.4 Å². The predicted molar refractivity (Wildman–Crippen MR) is 98.6 cm³/mol. The fraction of sp³-hybridized carbons (Fsp3) is 0.765. The molecule has 0 aromatic carbocycles. The molecule has 1 aromatic heterocycles. The number of amides is 1. The molecular formula is C17H28ClN3OS. The first-order valence-electron chi connectivity index (χ1n) is 8.71. The Balaban J connectivity index is 0.00000192. The van der Waals surface area contributed by atoms with Gasteiger partial charge in [-0.1, -0.05) is 13.3 Å². The molecule has 2 N–H and O–H groups in total. The molecule has 2 heterocycles. The molecule has 23 heavy (non-hydrogen) atoms. The molecule has 0 radical (unpaired) electrons. The number of nitrogens with zero attached hydrogens (tertiary/aromatic N) is 1. The SMILES string of the molecule is CC(CC(=O)Nc1nc2c(s1)CCCCC2)C1CCNCC1.Cl. The van der Waals surface area contributed by atoms with Crippen LogP contribution < -0.4 is 10.6 Å². The molecular weight excluding hydrogens is 330 g/mol. The second-order valence-corrected chi connectivity index (χ2v) is 7.85. The number of aromatic nitrogens is 1. The summed E-state index contributed by atoms with van der Waals surface area (Å²) in [6.07, 6.45) is 9.02. The molecule has 0 spiro atoms. The van der Waals surface area contributed by atoms with E-state index in [-0.39, 0.29) is 18.3 Å². The van der Waals surface area contributed by atoms with Gasteiger partial charge >= 0.3 is 0 Å². The van der Waals surface area contributed by atoms with Crippen LogP contribution in [0.15, 0.2) is 0 Å². The van der Waals surface area contributed by atoms with Gasteiger partial charge in [0.05, 0.1) is 5.69 Å². The Kier molecular flexibility index (Phi) is 7.31. The lowest BCUT2D eigenvalue weighted by Crippen LogP contribution is -2.32. The van der Waals surface area contributed by atoms with Crippen molar-refractivity contribution in [1.29, 1.82) is 0 Å². The van der Waals surface area contributed by atoms with Crippen molar-refractivity contribution in [3.05, 3.63) is 10.6 Å². The molecule has 1 saturated heterocycles. The van der Waals surface area contributed by atoms with Crippen LogP contribution >= 0.6 is 23.7 Å². The van der Waals surface area contributed by atoms with E-state index in [1.165, 1.54) is 42.7 Å². The summed E-state index contributed by atoms with van der Waals surface area (Å²) in [4.78, 5) is 18.3. The molecule has 1 aliphatic heterocycles. The number of nitrogens with one attached hydrogen (secondary N) is 2. The zero-order valence-corrected chi connectivity index (χ0v) is 15.5. The molecule has 130 valence electrons. The lowest BCUT2D eigenvalue weighted by Gasteiger charge is -2.27. The number of carbonyl (C=O) groups excluding carboxylic acids is 1. The van der Waals surface area contributed by atoms with Gasteiger partial charge in [0.1, 0.15) is 0 Å². The van der Waals surface area contributed by atoms with E-state index in [1.54, 1.807) is 11.3 Å². The van der Waals surface area contributed by atoms with E-state index in [1.807, 2.05) is 0 Å². The minimum Gasteiger partial charge on any atom is -0.317 e. The Morgan fingerprint density at radius 2 is 2.04 bits per heavy atom. The highest BCUT2D eigenvalue weighted by Gasteiger charge is 2.23. The number of halogens is 1. The summed E-state index contributed by atoms with van der Waals surface area (Å²) in [5, 5.41) is 7.24. The van der Waals surface area contributed by atoms with Crippen LogP contribution in [-0.4, -0.2) is 24.0 Å². The monoisotopic (exact) mass is 357 g/mol. The predicted octanol–water partition coefficient (Wildman–Crippen LogP) is 3.80. The highest BCUT2D eigenvalue weighted by Crippen LogP contribution is 2.30. The van der Waals surface area contributed by atoms with E-state index in [2.05, 4.69) is 22.5 Å². The Hall–Kier alpha value is -0.650. The van der Waals surface area contributed by atoms with Gasteiger partial charge in [0.15, 0.2) is 5.13 Å². The van der Waals surface area contributed by atoms with Crippen LogP contribution in [-0.2, 0) is 17.6 Å². The first-order valence-corrected chi connectivity index (χ1v) is 9.53. The van der Waals surface area contributed by atoms with Crippen molar-refractivity contribution in [3.63, 3.8) is 0 Å². The Bertz CT molecular complexity index is 490. The first-order chi connectivity index (χ1) is 10.7. The van der Waals surface area contributed by atoms with Crippen LogP contribution in [0.5, 0.6) is 0 Å². The second kappa shape index (κ2) is 9.00. The third-order valence-corrected chi connectivity index (χ3v) is 6.11. The Morgan fingerprint density at radius 3 is 2.83 bits per heavy atom. The molecule has 1 aromatic rings. The Morgan fingerprint density at radius 1 is 1.30 bits per heavy atom. The van der Waals surface area contributed by atoms with Crippen LogP contribution in [0.4, 0.5) is 5.13 Å². The molecule has 6 heteroatoms. The van der Waals surface area contributed by atoms with Gasteiger partial charge in [0.2, 0.25) is 5.91 Å². The maximum Gasteiger partial charge on any atom is 0.226 e. The quantitative estimate of drug-likeness (QED) is 0.806. The van der Waals surface area contributed by atoms with Crippen LogP contribution in [0.25, 0.3) is 0 Å². The van der Waals surface area contributed by atoms with Gasteiger partial charge in [-0.15, -0.1) is 23.7 Å². The zero-order valence-electron chi connectivity index (χ0n) is 13.9. The highest BCUT2D eigenvalue weighted by atomic mass is 35.5. The molecule has 4 nitrogen and oxygen atoms in total. The molecule has 1 fully saturated rings. The molecule has 1 atom stereocenters. The largest absolute Gasteiger partial charge is 0.317 e. The van der Waals surface area contributed by atoms with Gasteiger partial charge in [-0.05, 0) is 63.5 Å². The van der Waals surface area contributed by atoms with Gasteiger partial charge in [0.25, 0.3) is 0 Å². The van der Waals surface area contributed by atoms with Crippen LogP contribution in [0.3, 0.4) is 0 Å². The average molecular weight is 358 g/mol. The fourth-order valence-electron chi connectivity index (χ4n) is 3.62. The highest BCUT2D eigenvalue weighted by molar-refractivity contribution is 7.15. The van der Waals surface area contributed by atoms with E-state index in [0.29, 0.717) is 18.3 Å². The minimum atomic E-state index is 0. The zero-order chi connectivity index (χ0) is 15.4. The summed E-state index contributed by atoms with van der Waals surface area (Å²) in [6, 6.07) is 0. The number of carbonyl (C=O) groups is 1. The average Bonchev–Trinajstić information content (AvgIpc) is 2.76. The number of piperidine rings is 1. The van der Waals surface area contributed by atoms with Gasteiger partial charge in [-0.25, -0.2) is 4.98 Å². The summed E-state index contributed by atoms with van der Waals surface area (Å²) in [7, 11) is 0. The standard InChI is InChI=1S/C17H27N3OS.ClH/c1-12(13-7-9-18-10-8-13)11-16(21)20-17-19-14-5-3-2-4-6-15(14)22-17;/h12-13,18H,2-11H2,1H3,(H,19,20,21);1H. The normalized spacial score (nSPS) is 20.0. The summed E-state index contributed by atoms with van der Waals surface area (Å²) >= 11 is 1.69. The van der Waals surface area contributed by atoms with Crippen molar-refractivity contribution in [2.45, 2.75) is 58.3 Å². The van der Waals surface area contributed by atoms with Crippen molar-refractivity contribution in [3.8, 4) is 0 Å². The molecule has 0 bridgehead atoms. The number of hydrogen-bond donors (Lipinski definition) is 2. The van der Waals surface area contributed by atoms with Crippen molar-refractivity contribution in [2.24, 2.45) is 11.8 Å². The smallest absolute Gasteiger partial charge is 0.226 e. The maximum atomic E-state index is 12.3. The number of fused-ring (bicyclic) bond motifs is 1. The van der Waals surface area contributed by atoms with Gasteiger partial charge in [-0.2, -0.15) is 0 Å². The summed E-state index contributed by atoms with van der Waals surface area (Å²) in [5.41, 5.74) is 1.23. The summed E-state index contributed by atoms with van der Waals surface area (Å²) in [5.74, 6) is 1.27.